The number of para-hydroxylation sites is 2. The molecule has 3 rings (SSSR count). The van der Waals surface area contributed by atoms with Crippen molar-refractivity contribution < 1.29 is 4.79 Å². The van der Waals surface area contributed by atoms with Crippen molar-refractivity contribution in [1.82, 2.24) is 14.5 Å². The normalized spacial score (nSPS) is 12.5. The van der Waals surface area contributed by atoms with Crippen molar-refractivity contribution in [2.75, 3.05) is 19.4 Å². The fourth-order valence-corrected chi connectivity index (χ4v) is 2.51. The molecule has 0 saturated heterocycles. The third-order valence-electron chi connectivity index (χ3n) is 3.98. The summed E-state index contributed by atoms with van der Waals surface area (Å²) in [6.45, 7) is 2.08. The van der Waals surface area contributed by atoms with Gasteiger partial charge in [-0.05, 0) is 45.3 Å². The highest BCUT2D eigenvalue weighted by molar-refractivity contribution is 6.04. The number of benzene rings is 2. The zero-order valence-electron chi connectivity index (χ0n) is 13.5. The van der Waals surface area contributed by atoms with E-state index in [2.05, 4.69) is 22.1 Å². The van der Waals surface area contributed by atoms with Crippen LogP contribution in [0.3, 0.4) is 0 Å². The van der Waals surface area contributed by atoms with Gasteiger partial charge in [-0.1, -0.05) is 30.3 Å². The fraction of sp³-hybridized carbons (Fsp3) is 0.222. The zero-order valence-corrected chi connectivity index (χ0v) is 13.5. The number of anilines is 1. The molecule has 23 heavy (non-hydrogen) atoms. The Morgan fingerprint density at radius 3 is 2.43 bits per heavy atom. The molecule has 2 aromatic carbocycles. The number of fused-ring (bicyclic) bond motifs is 1. The van der Waals surface area contributed by atoms with Crippen LogP contribution < -0.4 is 5.32 Å². The maximum absolute atomic E-state index is 12.5. The molecular weight excluding hydrogens is 288 g/mol. The molecule has 1 N–H and O–H groups in total. The minimum atomic E-state index is -0.159. The van der Waals surface area contributed by atoms with Crippen LogP contribution in [-0.2, 0) is 0 Å². The molecule has 0 aliphatic rings. The molecule has 1 heterocycles. The van der Waals surface area contributed by atoms with Gasteiger partial charge in [-0.25, -0.2) is 4.98 Å². The lowest BCUT2D eigenvalue weighted by Crippen LogP contribution is -2.25. The number of rotatable bonds is 4. The van der Waals surface area contributed by atoms with Gasteiger partial charge in [0.05, 0.1) is 17.2 Å². The van der Waals surface area contributed by atoms with E-state index in [0.717, 1.165) is 11.0 Å². The fourth-order valence-electron chi connectivity index (χ4n) is 2.51. The molecule has 5 nitrogen and oxygen atoms in total. The monoisotopic (exact) mass is 308 g/mol. The lowest BCUT2D eigenvalue weighted by molar-refractivity contribution is 0.102. The SMILES string of the molecule is CC(N(C)C)n1c(NC(=O)c2ccccc2)nc2ccccc21. The Morgan fingerprint density at radius 1 is 1.09 bits per heavy atom. The molecule has 0 radical (unpaired) electrons. The molecule has 0 aliphatic heterocycles. The Labute approximate surface area is 135 Å². The number of aromatic nitrogens is 2. The number of nitrogens with zero attached hydrogens (tertiary/aromatic N) is 3. The van der Waals surface area contributed by atoms with Gasteiger partial charge in [-0.15, -0.1) is 0 Å². The van der Waals surface area contributed by atoms with Gasteiger partial charge < -0.3 is 0 Å². The molecule has 0 bridgehead atoms. The van der Waals surface area contributed by atoms with Crippen LogP contribution in [0.25, 0.3) is 11.0 Å². The quantitative estimate of drug-likeness (QED) is 0.804. The van der Waals surface area contributed by atoms with Crippen LogP contribution in [0.15, 0.2) is 54.6 Å². The summed E-state index contributed by atoms with van der Waals surface area (Å²) in [5.41, 5.74) is 2.48. The van der Waals surface area contributed by atoms with Crippen LogP contribution in [0.1, 0.15) is 23.4 Å². The maximum atomic E-state index is 12.5. The van der Waals surface area contributed by atoms with Crippen molar-refractivity contribution in [2.24, 2.45) is 0 Å². The van der Waals surface area contributed by atoms with Gasteiger partial charge in [0.1, 0.15) is 0 Å². The first-order valence-corrected chi connectivity index (χ1v) is 7.57. The summed E-state index contributed by atoms with van der Waals surface area (Å²) in [5, 5.41) is 2.94. The average Bonchev–Trinajstić information content (AvgIpc) is 2.92. The van der Waals surface area contributed by atoms with E-state index in [0.29, 0.717) is 11.5 Å². The van der Waals surface area contributed by atoms with E-state index in [9.17, 15) is 4.79 Å². The predicted molar refractivity (Wildman–Crippen MR) is 92.5 cm³/mol. The lowest BCUT2D eigenvalue weighted by Gasteiger charge is -2.24. The second kappa shape index (κ2) is 6.22. The highest BCUT2D eigenvalue weighted by Crippen LogP contribution is 2.25. The van der Waals surface area contributed by atoms with Crippen molar-refractivity contribution >= 4 is 22.9 Å². The number of nitrogens with one attached hydrogen (secondary N) is 1. The first-order chi connectivity index (χ1) is 11.1. The van der Waals surface area contributed by atoms with Crippen LogP contribution in [-0.4, -0.2) is 34.5 Å². The van der Waals surface area contributed by atoms with Crippen LogP contribution in [0.5, 0.6) is 0 Å². The van der Waals surface area contributed by atoms with Crippen molar-refractivity contribution in [3.63, 3.8) is 0 Å². The van der Waals surface area contributed by atoms with Crippen molar-refractivity contribution in [3.8, 4) is 0 Å². The molecule has 1 unspecified atom stereocenters. The number of imidazole rings is 1. The molecule has 1 atom stereocenters. The van der Waals surface area contributed by atoms with E-state index in [1.54, 1.807) is 12.1 Å². The summed E-state index contributed by atoms with van der Waals surface area (Å²) in [6, 6.07) is 17.1. The van der Waals surface area contributed by atoms with Crippen molar-refractivity contribution in [1.29, 1.82) is 0 Å². The number of carbonyl (C=O) groups excluding carboxylic acids is 1. The average molecular weight is 308 g/mol. The van der Waals surface area contributed by atoms with Crippen LogP contribution in [0.2, 0.25) is 0 Å². The number of amides is 1. The van der Waals surface area contributed by atoms with Gasteiger partial charge in [0.25, 0.3) is 5.91 Å². The molecular formula is C18H20N4O. The van der Waals surface area contributed by atoms with Gasteiger partial charge in [-0.3, -0.25) is 19.6 Å². The minimum absolute atomic E-state index is 0.0634. The third kappa shape index (κ3) is 2.96. The Kier molecular flexibility index (Phi) is 4.12. The van der Waals surface area contributed by atoms with E-state index < -0.39 is 0 Å². The Morgan fingerprint density at radius 2 is 1.74 bits per heavy atom. The Hall–Kier alpha value is -2.66. The second-order valence-corrected chi connectivity index (χ2v) is 5.71. The molecule has 0 fully saturated rings. The van der Waals surface area contributed by atoms with Crippen molar-refractivity contribution in [2.45, 2.75) is 13.1 Å². The standard InChI is InChI=1S/C18H20N4O/c1-13(21(2)3)22-16-12-8-7-11-15(16)19-18(22)20-17(23)14-9-5-4-6-10-14/h4-13H,1-3H3,(H,19,20,23). The topological polar surface area (TPSA) is 50.2 Å². The summed E-state index contributed by atoms with van der Waals surface area (Å²) >= 11 is 0. The van der Waals surface area contributed by atoms with Crippen LogP contribution in [0.4, 0.5) is 5.95 Å². The lowest BCUT2D eigenvalue weighted by atomic mass is 10.2. The summed E-state index contributed by atoms with van der Waals surface area (Å²) < 4.78 is 2.04. The summed E-state index contributed by atoms with van der Waals surface area (Å²) in [6.07, 6.45) is 0.0634. The number of hydrogen-bond acceptors (Lipinski definition) is 3. The molecule has 1 aromatic heterocycles. The molecule has 0 aliphatic carbocycles. The van der Waals surface area contributed by atoms with E-state index in [4.69, 9.17) is 0 Å². The summed E-state index contributed by atoms with van der Waals surface area (Å²) in [4.78, 5) is 19.1. The Bertz CT molecular complexity index is 823. The van der Waals surface area contributed by atoms with Gasteiger partial charge in [0.15, 0.2) is 0 Å². The minimum Gasteiger partial charge on any atom is -0.294 e. The molecule has 5 heteroatoms. The van der Waals surface area contributed by atoms with Gasteiger partial charge >= 0.3 is 0 Å². The predicted octanol–water partition coefficient (Wildman–Crippen LogP) is 3.37. The van der Waals surface area contributed by atoms with Crippen molar-refractivity contribution in [3.05, 3.63) is 60.2 Å². The number of hydrogen-bond donors (Lipinski definition) is 1. The van der Waals surface area contributed by atoms with Crippen LogP contribution in [0, 0.1) is 0 Å². The summed E-state index contributed by atoms with van der Waals surface area (Å²) in [5.74, 6) is 0.398. The molecule has 0 spiro atoms. The third-order valence-corrected chi connectivity index (χ3v) is 3.98. The number of carbonyl (C=O) groups is 1. The first kappa shape index (κ1) is 15.2. The molecule has 1 amide bonds. The highest BCUT2D eigenvalue weighted by Gasteiger charge is 2.19. The zero-order chi connectivity index (χ0) is 16.4. The largest absolute Gasteiger partial charge is 0.294 e. The first-order valence-electron chi connectivity index (χ1n) is 7.57. The smallest absolute Gasteiger partial charge is 0.257 e. The van der Waals surface area contributed by atoms with E-state index in [-0.39, 0.29) is 12.1 Å². The van der Waals surface area contributed by atoms with Gasteiger partial charge in [-0.2, -0.15) is 0 Å². The summed E-state index contributed by atoms with van der Waals surface area (Å²) in [7, 11) is 4.00. The maximum Gasteiger partial charge on any atom is 0.257 e. The van der Waals surface area contributed by atoms with E-state index >= 15 is 0 Å². The van der Waals surface area contributed by atoms with Crippen LogP contribution >= 0.6 is 0 Å². The second-order valence-electron chi connectivity index (χ2n) is 5.71. The Balaban J connectivity index is 2.03. The molecule has 3 aromatic rings. The van der Waals surface area contributed by atoms with Gasteiger partial charge in [0, 0.05) is 5.56 Å². The van der Waals surface area contributed by atoms with E-state index in [1.807, 2.05) is 61.1 Å². The highest BCUT2D eigenvalue weighted by atomic mass is 16.1. The molecule has 118 valence electrons. The van der Waals surface area contributed by atoms with Gasteiger partial charge in [0.2, 0.25) is 5.95 Å². The molecule has 0 saturated carbocycles. The van der Waals surface area contributed by atoms with E-state index in [1.165, 1.54) is 0 Å².